The monoisotopic (exact) mass is 354 g/mol. The molecule has 2 rings (SSSR count). The predicted octanol–water partition coefficient (Wildman–Crippen LogP) is 2.24. The largest absolute Gasteiger partial charge is 0.465 e. The number of rotatable bonds is 4. The van der Waals surface area contributed by atoms with E-state index in [2.05, 4.69) is 15.9 Å². The summed E-state index contributed by atoms with van der Waals surface area (Å²) < 4.78 is 6.44. The van der Waals surface area contributed by atoms with E-state index in [1.54, 1.807) is 13.0 Å². The number of nitrogens with zero attached hydrogens (tertiary/aromatic N) is 2. The molecule has 0 spiro atoms. The zero-order chi connectivity index (χ0) is 15.6. The number of benzene rings is 1. The molecule has 110 valence electrons. The molecule has 8 heteroatoms. The van der Waals surface area contributed by atoms with Crippen molar-refractivity contribution in [1.82, 2.24) is 4.57 Å². The van der Waals surface area contributed by atoms with Crippen molar-refractivity contribution in [1.29, 1.82) is 0 Å². The quantitative estimate of drug-likeness (QED) is 0.477. The summed E-state index contributed by atoms with van der Waals surface area (Å²) in [4.78, 5) is 34.3. The Balaban J connectivity index is 2.65. The van der Waals surface area contributed by atoms with E-state index >= 15 is 0 Å². The van der Waals surface area contributed by atoms with Gasteiger partial charge in [0.1, 0.15) is 11.9 Å². The molecule has 0 unspecified atom stereocenters. The lowest BCUT2D eigenvalue weighted by Gasteiger charge is -2.08. The average Bonchev–Trinajstić information content (AvgIpc) is 2.42. The Morgan fingerprint density at radius 2 is 2.14 bits per heavy atom. The van der Waals surface area contributed by atoms with Gasteiger partial charge in [-0.2, -0.15) is 0 Å². The van der Waals surface area contributed by atoms with Crippen molar-refractivity contribution >= 4 is 38.4 Å². The molecule has 0 saturated heterocycles. The van der Waals surface area contributed by atoms with Crippen LogP contribution in [0.15, 0.2) is 33.7 Å². The van der Waals surface area contributed by atoms with Crippen molar-refractivity contribution in [2.24, 2.45) is 0 Å². The highest BCUT2D eigenvalue weighted by atomic mass is 79.9. The predicted molar refractivity (Wildman–Crippen MR) is 79.2 cm³/mol. The molecule has 2 aromatic rings. The van der Waals surface area contributed by atoms with Crippen molar-refractivity contribution in [2.45, 2.75) is 13.5 Å². The second-order valence-corrected chi connectivity index (χ2v) is 5.02. The van der Waals surface area contributed by atoms with Gasteiger partial charge in [-0.05, 0) is 19.1 Å². The fraction of sp³-hybridized carbons (Fsp3) is 0.231. The molecule has 7 nitrogen and oxygen atoms in total. The fourth-order valence-electron chi connectivity index (χ4n) is 1.97. The number of carbonyl (C=O) groups is 1. The van der Waals surface area contributed by atoms with E-state index in [9.17, 15) is 19.7 Å². The molecule has 0 amide bonds. The van der Waals surface area contributed by atoms with Gasteiger partial charge in [0.25, 0.3) is 11.2 Å². The first kappa shape index (κ1) is 15.2. The van der Waals surface area contributed by atoms with Crippen LogP contribution in [0.2, 0.25) is 0 Å². The maximum Gasteiger partial charge on any atom is 0.326 e. The number of nitro benzene ring substituents is 1. The minimum Gasteiger partial charge on any atom is -0.465 e. The third kappa shape index (κ3) is 2.94. The molecule has 0 aliphatic rings. The normalized spacial score (nSPS) is 10.6. The van der Waals surface area contributed by atoms with Crippen LogP contribution in [0.5, 0.6) is 0 Å². The summed E-state index contributed by atoms with van der Waals surface area (Å²) in [5.74, 6) is -0.573. The molecule has 0 aliphatic heterocycles. The van der Waals surface area contributed by atoms with Crippen LogP contribution in [0, 0.1) is 10.1 Å². The van der Waals surface area contributed by atoms with Gasteiger partial charge in [0.2, 0.25) is 0 Å². The maximum atomic E-state index is 12.4. The Bertz CT molecular complexity index is 784. The van der Waals surface area contributed by atoms with Crippen LogP contribution in [0.3, 0.4) is 0 Å². The van der Waals surface area contributed by atoms with E-state index < -0.39 is 16.5 Å². The molecule has 0 radical (unpaired) electrons. The molecular formula is C13H11BrN2O5. The van der Waals surface area contributed by atoms with Crippen LogP contribution in [-0.4, -0.2) is 22.1 Å². The van der Waals surface area contributed by atoms with E-state index in [0.717, 1.165) is 4.57 Å². The standard InChI is InChI=1S/C13H11BrN2O5/c1-2-21-11(17)7-15-6-5-8-9(14)3-4-10(16(19)20)12(8)13(15)18/h3-6H,2,7H2,1H3. The number of non-ortho nitro benzene ring substituents is 1. The van der Waals surface area contributed by atoms with E-state index in [1.165, 1.54) is 18.3 Å². The number of pyridine rings is 1. The number of halogens is 1. The number of nitro groups is 1. The van der Waals surface area contributed by atoms with Gasteiger partial charge >= 0.3 is 5.97 Å². The van der Waals surface area contributed by atoms with Crippen LogP contribution in [0.4, 0.5) is 5.69 Å². The van der Waals surface area contributed by atoms with Gasteiger partial charge in [0, 0.05) is 22.1 Å². The summed E-state index contributed by atoms with van der Waals surface area (Å²) in [5.41, 5.74) is -0.898. The van der Waals surface area contributed by atoms with Crippen LogP contribution in [-0.2, 0) is 16.1 Å². The third-order valence-corrected chi connectivity index (χ3v) is 3.56. The van der Waals surface area contributed by atoms with E-state index in [1.807, 2.05) is 0 Å². The minimum absolute atomic E-state index is 0.0406. The Labute approximate surface area is 127 Å². The highest BCUT2D eigenvalue weighted by Crippen LogP contribution is 2.28. The van der Waals surface area contributed by atoms with Gasteiger partial charge in [0.05, 0.1) is 11.5 Å². The first-order valence-electron chi connectivity index (χ1n) is 6.07. The highest BCUT2D eigenvalue weighted by Gasteiger charge is 2.19. The summed E-state index contributed by atoms with van der Waals surface area (Å²) in [7, 11) is 0. The highest BCUT2D eigenvalue weighted by molar-refractivity contribution is 9.10. The Morgan fingerprint density at radius 3 is 2.76 bits per heavy atom. The lowest BCUT2D eigenvalue weighted by Crippen LogP contribution is -2.25. The van der Waals surface area contributed by atoms with Crippen molar-refractivity contribution in [2.75, 3.05) is 6.61 Å². The van der Waals surface area contributed by atoms with Crippen LogP contribution >= 0.6 is 15.9 Å². The molecule has 0 aliphatic carbocycles. The lowest BCUT2D eigenvalue weighted by molar-refractivity contribution is -0.383. The molecular weight excluding hydrogens is 344 g/mol. The molecule has 1 aromatic heterocycles. The number of fused-ring (bicyclic) bond motifs is 1. The first-order chi connectivity index (χ1) is 9.95. The molecule has 0 fully saturated rings. The zero-order valence-corrected chi connectivity index (χ0v) is 12.6. The second kappa shape index (κ2) is 6.04. The van der Waals surface area contributed by atoms with Gasteiger partial charge < -0.3 is 9.30 Å². The van der Waals surface area contributed by atoms with Gasteiger partial charge in [-0.3, -0.25) is 19.7 Å². The van der Waals surface area contributed by atoms with E-state index in [0.29, 0.717) is 9.86 Å². The fourth-order valence-corrected chi connectivity index (χ4v) is 2.43. The van der Waals surface area contributed by atoms with Crippen molar-refractivity contribution < 1.29 is 14.5 Å². The molecule has 1 heterocycles. The molecule has 0 saturated carbocycles. The number of hydrogen-bond donors (Lipinski definition) is 0. The number of esters is 1. The average molecular weight is 355 g/mol. The van der Waals surface area contributed by atoms with Crippen molar-refractivity contribution in [3.63, 3.8) is 0 Å². The van der Waals surface area contributed by atoms with Crippen LogP contribution in [0.1, 0.15) is 6.92 Å². The molecule has 1 aromatic carbocycles. The van der Waals surface area contributed by atoms with Crippen molar-refractivity contribution in [3.8, 4) is 0 Å². The second-order valence-electron chi connectivity index (χ2n) is 4.17. The number of aromatic nitrogens is 1. The van der Waals surface area contributed by atoms with Gasteiger partial charge in [0.15, 0.2) is 0 Å². The molecule has 0 bridgehead atoms. The first-order valence-corrected chi connectivity index (χ1v) is 6.86. The van der Waals surface area contributed by atoms with Gasteiger partial charge in [-0.1, -0.05) is 15.9 Å². The smallest absolute Gasteiger partial charge is 0.326 e. The van der Waals surface area contributed by atoms with Crippen LogP contribution in [0.25, 0.3) is 10.8 Å². The number of carbonyl (C=O) groups excluding carboxylic acids is 1. The molecule has 0 atom stereocenters. The van der Waals surface area contributed by atoms with Crippen LogP contribution < -0.4 is 5.56 Å². The number of ether oxygens (including phenoxy) is 1. The summed E-state index contributed by atoms with van der Waals surface area (Å²) >= 11 is 3.25. The molecule has 0 N–H and O–H groups in total. The van der Waals surface area contributed by atoms with E-state index in [4.69, 9.17) is 4.74 Å². The Hall–Kier alpha value is -2.22. The third-order valence-electron chi connectivity index (χ3n) is 2.87. The lowest BCUT2D eigenvalue weighted by atomic mass is 10.1. The summed E-state index contributed by atoms with van der Waals surface area (Å²) in [6.45, 7) is 1.57. The Kier molecular flexibility index (Phi) is 4.37. The minimum atomic E-state index is -0.620. The van der Waals surface area contributed by atoms with Gasteiger partial charge in [-0.25, -0.2) is 0 Å². The number of hydrogen-bond acceptors (Lipinski definition) is 5. The molecule has 21 heavy (non-hydrogen) atoms. The summed E-state index contributed by atoms with van der Waals surface area (Å²) in [5, 5.41) is 11.4. The maximum absolute atomic E-state index is 12.4. The SMILES string of the molecule is CCOC(=O)Cn1ccc2c(Br)ccc([N+](=O)[O-])c2c1=O. The Morgan fingerprint density at radius 1 is 1.43 bits per heavy atom. The zero-order valence-electron chi connectivity index (χ0n) is 11.0. The topological polar surface area (TPSA) is 91.4 Å². The van der Waals surface area contributed by atoms with E-state index in [-0.39, 0.29) is 24.2 Å². The summed E-state index contributed by atoms with van der Waals surface area (Å²) in [6, 6.07) is 4.31. The van der Waals surface area contributed by atoms with Gasteiger partial charge in [-0.15, -0.1) is 0 Å². The van der Waals surface area contributed by atoms with Crippen molar-refractivity contribution in [3.05, 3.63) is 49.3 Å². The summed E-state index contributed by atoms with van der Waals surface area (Å²) in [6.07, 6.45) is 1.41.